The number of rotatable bonds is 8. The lowest BCUT2D eigenvalue weighted by Gasteiger charge is -2.21. The zero-order chi connectivity index (χ0) is 17.5. The predicted molar refractivity (Wildman–Crippen MR) is 98.4 cm³/mol. The molecule has 0 atom stereocenters. The van der Waals surface area contributed by atoms with Crippen LogP contribution in [0.1, 0.15) is 26.9 Å². The number of aryl methyl sites for hydroxylation is 1. The molecule has 0 radical (unpaired) electrons. The Balaban J connectivity index is 1.58. The molecular formula is C19H21N3O2S. The van der Waals surface area contributed by atoms with Crippen LogP contribution in [0.3, 0.4) is 0 Å². The third-order valence-corrected chi connectivity index (χ3v) is 4.61. The molecule has 0 aliphatic carbocycles. The first kappa shape index (κ1) is 17.4. The van der Waals surface area contributed by atoms with Gasteiger partial charge in [-0.25, -0.2) is 0 Å². The maximum Gasteiger partial charge on any atom is 0.261 e. The Bertz CT molecular complexity index is 784. The number of carbonyl (C=O) groups excluding carboxylic acids is 1. The smallest absolute Gasteiger partial charge is 0.261 e. The third kappa shape index (κ3) is 5.27. The highest BCUT2D eigenvalue weighted by Gasteiger charge is 2.12. The number of hydrogen-bond acceptors (Lipinski definition) is 5. The van der Waals surface area contributed by atoms with Crippen LogP contribution in [-0.2, 0) is 13.1 Å². The van der Waals surface area contributed by atoms with Crippen LogP contribution in [0.25, 0.3) is 0 Å². The summed E-state index contributed by atoms with van der Waals surface area (Å²) in [6.07, 6.45) is 1.79. The van der Waals surface area contributed by atoms with E-state index in [1.807, 2.05) is 54.8 Å². The second kappa shape index (κ2) is 8.60. The zero-order valence-electron chi connectivity index (χ0n) is 14.1. The minimum Gasteiger partial charge on any atom is -0.465 e. The molecular weight excluding hydrogens is 334 g/mol. The Kier molecular flexibility index (Phi) is 5.98. The number of carbonyl (C=O) groups is 1. The standard InChI is InChI=1S/C19H21N3O2S/c1-15-7-8-17(24-15)14-22(13-16-5-2-3-9-20-16)11-10-21-19(23)18-6-4-12-25-18/h2-9,12H,10-11,13-14H2,1H3,(H,21,23). The van der Waals surface area contributed by atoms with Crippen molar-refractivity contribution >= 4 is 17.2 Å². The Morgan fingerprint density at radius 2 is 2.12 bits per heavy atom. The Labute approximate surface area is 151 Å². The molecule has 25 heavy (non-hydrogen) atoms. The molecule has 0 aliphatic rings. The molecule has 3 rings (SSSR count). The van der Waals surface area contributed by atoms with E-state index in [0.29, 0.717) is 26.2 Å². The van der Waals surface area contributed by atoms with Crippen molar-refractivity contribution in [3.8, 4) is 0 Å². The van der Waals surface area contributed by atoms with Gasteiger partial charge in [-0.15, -0.1) is 11.3 Å². The number of thiophene rings is 1. The molecule has 0 spiro atoms. The van der Waals surface area contributed by atoms with Gasteiger partial charge in [-0.05, 0) is 42.6 Å². The lowest BCUT2D eigenvalue weighted by atomic mass is 10.3. The first-order valence-corrected chi connectivity index (χ1v) is 9.08. The van der Waals surface area contributed by atoms with Crippen LogP contribution in [-0.4, -0.2) is 28.9 Å². The lowest BCUT2D eigenvalue weighted by molar-refractivity contribution is 0.0950. The summed E-state index contributed by atoms with van der Waals surface area (Å²) in [7, 11) is 0. The second-order valence-electron chi connectivity index (χ2n) is 5.78. The molecule has 0 saturated carbocycles. The van der Waals surface area contributed by atoms with Gasteiger partial charge in [0.25, 0.3) is 5.91 Å². The van der Waals surface area contributed by atoms with Gasteiger partial charge in [0, 0.05) is 25.8 Å². The Morgan fingerprint density at radius 1 is 1.20 bits per heavy atom. The number of aromatic nitrogens is 1. The predicted octanol–water partition coefficient (Wildman–Crippen LogP) is 3.48. The summed E-state index contributed by atoms with van der Waals surface area (Å²) in [6, 6.07) is 13.6. The summed E-state index contributed by atoms with van der Waals surface area (Å²) in [6.45, 7) is 4.61. The minimum atomic E-state index is -0.0263. The van der Waals surface area contributed by atoms with Gasteiger partial charge in [0.15, 0.2) is 0 Å². The molecule has 6 heteroatoms. The first-order valence-electron chi connectivity index (χ1n) is 8.20. The fourth-order valence-electron chi connectivity index (χ4n) is 2.55. The highest BCUT2D eigenvalue weighted by Crippen LogP contribution is 2.12. The van der Waals surface area contributed by atoms with Gasteiger partial charge in [-0.3, -0.25) is 14.7 Å². The zero-order valence-corrected chi connectivity index (χ0v) is 15.0. The maximum atomic E-state index is 12.1. The van der Waals surface area contributed by atoms with E-state index < -0.39 is 0 Å². The van der Waals surface area contributed by atoms with Gasteiger partial charge in [-0.1, -0.05) is 12.1 Å². The highest BCUT2D eigenvalue weighted by molar-refractivity contribution is 7.12. The normalized spacial score (nSPS) is 11.0. The summed E-state index contributed by atoms with van der Waals surface area (Å²) in [5.74, 6) is 1.79. The van der Waals surface area contributed by atoms with E-state index in [2.05, 4.69) is 15.2 Å². The maximum absolute atomic E-state index is 12.1. The third-order valence-electron chi connectivity index (χ3n) is 3.75. The van der Waals surface area contributed by atoms with E-state index in [4.69, 9.17) is 4.42 Å². The van der Waals surface area contributed by atoms with Crippen molar-refractivity contribution in [2.45, 2.75) is 20.0 Å². The van der Waals surface area contributed by atoms with Gasteiger partial charge in [-0.2, -0.15) is 0 Å². The average Bonchev–Trinajstić information content (AvgIpc) is 3.27. The molecule has 1 amide bonds. The van der Waals surface area contributed by atoms with Gasteiger partial charge >= 0.3 is 0 Å². The molecule has 0 unspecified atom stereocenters. The fraction of sp³-hybridized carbons (Fsp3) is 0.263. The topological polar surface area (TPSA) is 58.4 Å². The molecule has 3 aromatic rings. The largest absolute Gasteiger partial charge is 0.465 e. The number of pyridine rings is 1. The molecule has 1 N–H and O–H groups in total. The van der Waals surface area contributed by atoms with Crippen LogP contribution >= 0.6 is 11.3 Å². The summed E-state index contributed by atoms with van der Waals surface area (Å²) in [5, 5.41) is 4.88. The molecule has 0 fully saturated rings. The number of hydrogen-bond donors (Lipinski definition) is 1. The number of nitrogens with zero attached hydrogens (tertiary/aromatic N) is 2. The SMILES string of the molecule is Cc1ccc(CN(CCNC(=O)c2cccs2)Cc2ccccn2)o1. The van der Waals surface area contributed by atoms with Crippen LogP contribution in [0.5, 0.6) is 0 Å². The van der Waals surface area contributed by atoms with Crippen LogP contribution in [0.2, 0.25) is 0 Å². The summed E-state index contributed by atoms with van der Waals surface area (Å²) in [4.78, 5) is 19.4. The van der Waals surface area contributed by atoms with Crippen LogP contribution in [0.15, 0.2) is 58.5 Å². The van der Waals surface area contributed by atoms with Gasteiger partial charge in [0.2, 0.25) is 0 Å². The molecule has 3 aromatic heterocycles. The Hall–Kier alpha value is -2.44. The minimum absolute atomic E-state index is 0.0263. The van der Waals surface area contributed by atoms with Crippen LogP contribution in [0, 0.1) is 6.92 Å². The van der Waals surface area contributed by atoms with Crippen molar-refractivity contribution < 1.29 is 9.21 Å². The summed E-state index contributed by atoms with van der Waals surface area (Å²) >= 11 is 1.45. The molecule has 0 aromatic carbocycles. The van der Waals surface area contributed by atoms with Crippen molar-refractivity contribution in [1.82, 2.24) is 15.2 Å². The summed E-state index contributed by atoms with van der Waals surface area (Å²) < 4.78 is 5.69. The molecule has 3 heterocycles. The van der Waals surface area contributed by atoms with Crippen molar-refractivity contribution in [2.24, 2.45) is 0 Å². The van der Waals surface area contributed by atoms with Gasteiger partial charge in [0.05, 0.1) is 17.1 Å². The van der Waals surface area contributed by atoms with E-state index in [1.54, 1.807) is 6.20 Å². The fourth-order valence-corrected chi connectivity index (χ4v) is 3.19. The molecule has 0 bridgehead atoms. The lowest BCUT2D eigenvalue weighted by Crippen LogP contribution is -2.34. The highest BCUT2D eigenvalue weighted by atomic mass is 32.1. The van der Waals surface area contributed by atoms with Crippen molar-refractivity contribution in [2.75, 3.05) is 13.1 Å². The van der Waals surface area contributed by atoms with Gasteiger partial charge < -0.3 is 9.73 Å². The number of amides is 1. The average molecular weight is 355 g/mol. The molecule has 0 saturated heterocycles. The number of nitrogens with one attached hydrogen (secondary N) is 1. The quantitative estimate of drug-likeness (QED) is 0.672. The molecule has 5 nitrogen and oxygen atoms in total. The molecule has 130 valence electrons. The van der Waals surface area contributed by atoms with E-state index in [1.165, 1.54) is 11.3 Å². The van der Waals surface area contributed by atoms with Crippen molar-refractivity contribution in [3.63, 3.8) is 0 Å². The van der Waals surface area contributed by atoms with Crippen molar-refractivity contribution in [1.29, 1.82) is 0 Å². The summed E-state index contributed by atoms with van der Waals surface area (Å²) in [5.41, 5.74) is 0.996. The van der Waals surface area contributed by atoms with E-state index in [-0.39, 0.29) is 5.91 Å². The van der Waals surface area contributed by atoms with Gasteiger partial charge in [0.1, 0.15) is 11.5 Å². The van der Waals surface area contributed by atoms with E-state index >= 15 is 0 Å². The van der Waals surface area contributed by atoms with E-state index in [0.717, 1.165) is 22.1 Å². The Morgan fingerprint density at radius 3 is 2.80 bits per heavy atom. The van der Waals surface area contributed by atoms with Crippen molar-refractivity contribution in [3.05, 3.63) is 76.1 Å². The first-order chi connectivity index (χ1) is 12.2. The van der Waals surface area contributed by atoms with Crippen LogP contribution < -0.4 is 5.32 Å². The molecule has 0 aliphatic heterocycles. The van der Waals surface area contributed by atoms with E-state index in [9.17, 15) is 4.79 Å². The monoisotopic (exact) mass is 355 g/mol. The van der Waals surface area contributed by atoms with Crippen LogP contribution in [0.4, 0.5) is 0 Å². The second-order valence-corrected chi connectivity index (χ2v) is 6.72. The number of furan rings is 1.